The SMILES string of the molecule is O=C1CCC(C(=O)N2Cc3cc(F)cc(C4CC4)c3C2)C(=O)N1. The minimum absolute atomic E-state index is 0.185. The fraction of sp³-hybridized carbons (Fsp3) is 0.471. The average Bonchev–Trinajstić information content (AvgIpc) is 3.25. The van der Waals surface area contributed by atoms with Crippen molar-refractivity contribution in [3.05, 3.63) is 34.6 Å². The van der Waals surface area contributed by atoms with Crippen molar-refractivity contribution in [2.75, 3.05) is 0 Å². The normalized spacial score (nSPS) is 23.7. The Morgan fingerprint density at radius 1 is 1.17 bits per heavy atom. The van der Waals surface area contributed by atoms with E-state index < -0.39 is 11.8 Å². The minimum atomic E-state index is -0.809. The lowest BCUT2D eigenvalue weighted by atomic mass is 9.96. The molecule has 1 aliphatic carbocycles. The highest BCUT2D eigenvalue weighted by Crippen LogP contribution is 2.44. The molecule has 0 bridgehead atoms. The number of amides is 3. The number of nitrogens with one attached hydrogen (secondary N) is 1. The van der Waals surface area contributed by atoms with Crippen LogP contribution in [-0.2, 0) is 27.5 Å². The molecule has 23 heavy (non-hydrogen) atoms. The van der Waals surface area contributed by atoms with Crippen LogP contribution in [0.2, 0.25) is 0 Å². The predicted molar refractivity (Wildman–Crippen MR) is 78.5 cm³/mol. The molecule has 1 atom stereocenters. The van der Waals surface area contributed by atoms with E-state index in [0.717, 1.165) is 29.5 Å². The molecule has 1 aromatic carbocycles. The number of rotatable bonds is 2. The van der Waals surface area contributed by atoms with Crippen molar-refractivity contribution in [3.8, 4) is 0 Å². The van der Waals surface area contributed by atoms with Crippen LogP contribution in [0.1, 0.15) is 48.3 Å². The smallest absolute Gasteiger partial charge is 0.239 e. The second-order valence-corrected chi connectivity index (χ2v) is 6.60. The lowest BCUT2D eigenvalue weighted by Gasteiger charge is -2.25. The van der Waals surface area contributed by atoms with Crippen molar-refractivity contribution in [2.45, 2.75) is 44.7 Å². The third-order valence-electron chi connectivity index (χ3n) is 4.92. The van der Waals surface area contributed by atoms with Gasteiger partial charge >= 0.3 is 0 Å². The highest BCUT2D eigenvalue weighted by molar-refractivity contribution is 6.08. The van der Waals surface area contributed by atoms with Gasteiger partial charge in [-0.2, -0.15) is 0 Å². The summed E-state index contributed by atoms with van der Waals surface area (Å²) in [5.41, 5.74) is 2.89. The van der Waals surface area contributed by atoms with E-state index in [4.69, 9.17) is 0 Å². The lowest BCUT2D eigenvalue weighted by molar-refractivity contribution is -0.146. The van der Waals surface area contributed by atoms with E-state index in [-0.39, 0.29) is 30.5 Å². The maximum atomic E-state index is 13.8. The molecule has 5 nitrogen and oxygen atoms in total. The molecule has 1 saturated carbocycles. The summed E-state index contributed by atoms with van der Waals surface area (Å²) in [5.74, 6) is -1.78. The second kappa shape index (κ2) is 5.15. The van der Waals surface area contributed by atoms with Crippen LogP contribution in [-0.4, -0.2) is 22.6 Å². The van der Waals surface area contributed by atoms with E-state index in [2.05, 4.69) is 5.32 Å². The van der Waals surface area contributed by atoms with Crippen LogP contribution in [0.25, 0.3) is 0 Å². The molecule has 3 aliphatic rings. The van der Waals surface area contributed by atoms with Crippen molar-refractivity contribution in [2.24, 2.45) is 5.92 Å². The molecule has 2 fully saturated rings. The van der Waals surface area contributed by atoms with Crippen molar-refractivity contribution < 1.29 is 18.8 Å². The van der Waals surface area contributed by atoms with Gasteiger partial charge in [-0.15, -0.1) is 0 Å². The van der Waals surface area contributed by atoms with Gasteiger partial charge in [0, 0.05) is 19.5 Å². The van der Waals surface area contributed by atoms with Crippen LogP contribution in [0.3, 0.4) is 0 Å². The molecule has 1 N–H and O–H groups in total. The first-order chi connectivity index (χ1) is 11.0. The molecule has 2 heterocycles. The van der Waals surface area contributed by atoms with Gasteiger partial charge in [-0.05, 0) is 54.0 Å². The zero-order chi connectivity index (χ0) is 16.1. The first-order valence-corrected chi connectivity index (χ1v) is 7.96. The van der Waals surface area contributed by atoms with Crippen LogP contribution in [0.4, 0.5) is 4.39 Å². The molecule has 1 saturated heterocycles. The largest absolute Gasteiger partial charge is 0.333 e. The fourth-order valence-corrected chi connectivity index (χ4v) is 3.57. The van der Waals surface area contributed by atoms with Crippen LogP contribution in [0.15, 0.2) is 12.1 Å². The minimum Gasteiger partial charge on any atom is -0.333 e. The Morgan fingerprint density at radius 2 is 1.96 bits per heavy atom. The van der Waals surface area contributed by atoms with Gasteiger partial charge in [-0.3, -0.25) is 19.7 Å². The Labute approximate surface area is 132 Å². The number of benzene rings is 1. The number of fused-ring (bicyclic) bond motifs is 1. The molecule has 3 amide bonds. The summed E-state index contributed by atoms with van der Waals surface area (Å²) in [4.78, 5) is 37.3. The zero-order valence-electron chi connectivity index (χ0n) is 12.6. The monoisotopic (exact) mass is 316 g/mol. The Kier molecular flexibility index (Phi) is 3.21. The lowest BCUT2D eigenvalue weighted by Crippen LogP contribution is -2.47. The molecule has 2 aliphatic heterocycles. The molecule has 120 valence electrons. The summed E-state index contributed by atoms with van der Waals surface area (Å²) in [5, 5.41) is 2.22. The first-order valence-electron chi connectivity index (χ1n) is 7.96. The molecule has 1 unspecified atom stereocenters. The Balaban J connectivity index is 1.56. The maximum Gasteiger partial charge on any atom is 0.239 e. The summed E-state index contributed by atoms with van der Waals surface area (Å²) in [7, 11) is 0. The predicted octanol–water partition coefficient (Wildman–Crippen LogP) is 1.60. The Morgan fingerprint density at radius 3 is 2.65 bits per heavy atom. The van der Waals surface area contributed by atoms with E-state index in [1.54, 1.807) is 11.0 Å². The summed E-state index contributed by atoms with van der Waals surface area (Å²) < 4.78 is 13.8. The summed E-state index contributed by atoms with van der Waals surface area (Å²) in [6.07, 6.45) is 2.57. The molecular formula is C17H17FN2O3. The van der Waals surface area contributed by atoms with Crippen molar-refractivity contribution in [1.29, 1.82) is 0 Å². The molecular weight excluding hydrogens is 299 g/mol. The van der Waals surface area contributed by atoms with Crippen LogP contribution < -0.4 is 5.32 Å². The van der Waals surface area contributed by atoms with Gasteiger partial charge in [0.25, 0.3) is 0 Å². The van der Waals surface area contributed by atoms with Crippen LogP contribution in [0, 0.1) is 11.7 Å². The van der Waals surface area contributed by atoms with E-state index in [9.17, 15) is 18.8 Å². The third kappa shape index (κ3) is 2.52. The number of imide groups is 1. The van der Waals surface area contributed by atoms with Gasteiger partial charge in [-0.1, -0.05) is 0 Å². The van der Waals surface area contributed by atoms with Crippen molar-refractivity contribution in [3.63, 3.8) is 0 Å². The zero-order valence-corrected chi connectivity index (χ0v) is 12.6. The maximum absolute atomic E-state index is 13.8. The highest BCUT2D eigenvalue weighted by Gasteiger charge is 2.38. The fourth-order valence-electron chi connectivity index (χ4n) is 3.57. The highest BCUT2D eigenvalue weighted by atomic mass is 19.1. The molecule has 6 heteroatoms. The summed E-state index contributed by atoms with van der Waals surface area (Å²) >= 11 is 0. The molecule has 4 rings (SSSR count). The van der Waals surface area contributed by atoms with Gasteiger partial charge in [-0.25, -0.2) is 4.39 Å². The Hall–Kier alpha value is -2.24. The Bertz CT molecular complexity index is 727. The second-order valence-electron chi connectivity index (χ2n) is 6.60. The van der Waals surface area contributed by atoms with Gasteiger partial charge in [0.2, 0.25) is 17.7 Å². The number of nitrogens with zero attached hydrogens (tertiary/aromatic N) is 1. The van der Waals surface area contributed by atoms with E-state index in [1.165, 1.54) is 6.07 Å². The van der Waals surface area contributed by atoms with E-state index >= 15 is 0 Å². The number of carbonyl (C=O) groups is 3. The summed E-state index contributed by atoms with van der Waals surface area (Å²) in [6.45, 7) is 0.765. The van der Waals surface area contributed by atoms with Crippen molar-refractivity contribution in [1.82, 2.24) is 10.2 Å². The van der Waals surface area contributed by atoms with Gasteiger partial charge in [0.15, 0.2) is 0 Å². The van der Waals surface area contributed by atoms with Gasteiger partial charge in [0.1, 0.15) is 11.7 Å². The number of hydrogen-bond acceptors (Lipinski definition) is 3. The number of halogens is 1. The van der Waals surface area contributed by atoms with Crippen molar-refractivity contribution >= 4 is 17.7 Å². The third-order valence-corrected chi connectivity index (χ3v) is 4.92. The molecule has 0 aromatic heterocycles. The van der Waals surface area contributed by atoms with Gasteiger partial charge in [0.05, 0.1) is 0 Å². The molecule has 0 radical (unpaired) electrons. The molecule has 0 spiro atoms. The standard InChI is InChI=1S/C17H17FN2O3/c18-11-5-10-7-20(8-14(10)13(6-11)9-1-2-9)17(23)12-3-4-15(21)19-16(12)22/h5-6,9,12H,1-4,7-8H2,(H,19,21,22). The van der Waals surface area contributed by atoms with Gasteiger partial charge < -0.3 is 4.90 Å². The molecule has 1 aromatic rings. The number of hydrogen-bond donors (Lipinski definition) is 1. The van der Waals surface area contributed by atoms with Crippen LogP contribution in [0.5, 0.6) is 0 Å². The van der Waals surface area contributed by atoms with E-state index in [1.807, 2.05) is 0 Å². The van der Waals surface area contributed by atoms with Crippen LogP contribution >= 0.6 is 0 Å². The average molecular weight is 316 g/mol. The van der Waals surface area contributed by atoms with E-state index in [0.29, 0.717) is 19.0 Å². The number of carbonyl (C=O) groups excluding carboxylic acids is 3. The first kappa shape index (κ1) is 14.4. The topological polar surface area (TPSA) is 66.5 Å². The summed E-state index contributed by atoms with van der Waals surface area (Å²) in [6, 6.07) is 3.06. The number of piperidine rings is 1. The quantitative estimate of drug-likeness (QED) is 0.666.